The predicted molar refractivity (Wildman–Crippen MR) is 86.2 cm³/mol. The zero-order valence-corrected chi connectivity index (χ0v) is 14.2. The fourth-order valence-electron chi connectivity index (χ4n) is 1.95. The van der Waals surface area contributed by atoms with Gasteiger partial charge < -0.3 is 10.6 Å². The summed E-state index contributed by atoms with van der Waals surface area (Å²) < 4.78 is 25.0. The van der Waals surface area contributed by atoms with Gasteiger partial charge in [0.15, 0.2) is 5.69 Å². The van der Waals surface area contributed by atoms with Crippen LogP contribution in [0.4, 0.5) is 0 Å². The highest BCUT2D eigenvalue weighted by molar-refractivity contribution is 7.90. The smallest absolute Gasteiger partial charge is 0.274 e. The van der Waals surface area contributed by atoms with Gasteiger partial charge in [-0.05, 0) is 19.1 Å². The lowest BCUT2D eigenvalue weighted by Gasteiger charge is -2.22. The molecule has 0 saturated carbocycles. The fraction of sp³-hybridized carbons (Fsp3) is 0.385. The Bertz CT molecular complexity index is 788. The van der Waals surface area contributed by atoms with Gasteiger partial charge in [0.1, 0.15) is 0 Å². The summed E-state index contributed by atoms with van der Waals surface area (Å²) in [5.74, 6) is -0.355. The second kappa shape index (κ2) is 6.64. The van der Waals surface area contributed by atoms with Crippen molar-refractivity contribution in [2.75, 3.05) is 19.8 Å². The van der Waals surface area contributed by atoms with Crippen LogP contribution in [-0.4, -0.2) is 54.5 Å². The number of imidazole rings is 1. The van der Waals surface area contributed by atoms with E-state index in [0.717, 1.165) is 6.26 Å². The molecule has 1 unspecified atom stereocenters. The van der Waals surface area contributed by atoms with Crippen LogP contribution in [0.1, 0.15) is 17.4 Å². The Labute approximate surface area is 135 Å². The van der Waals surface area contributed by atoms with E-state index in [2.05, 4.69) is 4.98 Å². The van der Waals surface area contributed by atoms with Crippen molar-refractivity contribution in [3.8, 4) is 0 Å². The van der Waals surface area contributed by atoms with Crippen LogP contribution >= 0.6 is 12.4 Å². The minimum atomic E-state index is -3.54. The molecule has 7 nitrogen and oxygen atoms in total. The van der Waals surface area contributed by atoms with Crippen molar-refractivity contribution in [3.63, 3.8) is 0 Å². The van der Waals surface area contributed by atoms with E-state index in [1.165, 1.54) is 9.30 Å². The van der Waals surface area contributed by atoms with Crippen LogP contribution in [0, 0.1) is 0 Å². The number of halogens is 1. The number of hydrogen-bond acceptors (Lipinski definition) is 5. The Morgan fingerprint density at radius 2 is 2.09 bits per heavy atom. The maximum absolute atomic E-state index is 12.5. The molecule has 0 radical (unpaired) electrons. The van der Waals surface area contributed by atoms with Gasteiger partial charge in [0.05, 0.1) is 5.52 Å². The molecule has 2 N–H and O–H groups in total. The van der Waals surface area contributed by atoms with Crippen molar-refractivity contribution in [1.29, 1.82) is 0 Å². The van der Waals surface area contributed by atoms with Crippen molar-refractivity contribution < 1.29 is 13.2 Å². The molecule has 0 fully saturated rings. The average Bonchev–Trinajstić information content (AvgIpc) is 2.84. The number of nitrogens with two attached hydrogens (primary N) is 1. The first-order valence-electron chi connectivity index (χ1n) is 6.41. The lowest BCUT2D eigenvalue weighted by atomic mass is 10.2. The number of aromatic nitrogens is 2. The zero-order chi connectivity index (χ0) is 15.8. The molecule has 2 aromatic rings. The molecule has 0 spiro atoms. The van der Waals surface area contributed by atoms with E-state index in [0.29, 0.717) is 12.1 Å². The van der Waals surface area contributed by atoms with E-state index in [9.17, 15) is 13.2 Å². The Morgan fingerprint density at radius 3 is 2.64 bits per heavy atom. The topological polar surface area (TPSA) is 97.8 Å². The van der Waals surface area contributed by atoms with Crippen LogP contribution in [0.3, 0.4) is 0 Å². The van der Waals surface area contributed by atoms with E-state index in [1.807, 2.05) is 6.92 Å². The largest absolute Gasteiger partial charge is 0.336 e. The van der Waals surface area contributed by atoms with Gasteiger partial charge in [-0.1, -0.05) is 6.07 Å². The standard InChI is InChI=1S/C13H18N4O3S.ClH/c1-9(8-14)16(2)12(18)11-10-6-4-5-7-17(10)13(15-11)21(3,19)20;/h4-7,9H,8,14H2,1-3H3;1H. The van der Waals surface area contributed by atoms with Gasteiger partial charge in [-0.2, -0.15) is 0 Å². The van der Waals surface area contributed by atoms with Crippen LogP contribution in [0.5, 0.6) is 0 Å². The third kappa shape index (κ3) is 3.23. The van der Waals surface area contributed by atoms with E-state index in [4.69, 9.17) is 5.73 Å². The Hall–Kier alpha value is -1.64. The number of pyridine rings is 1. The zero-order valence-electron chi connectivity index (χ0n) is 12.6. The number of hydrogen-bond donors (Lipinski definition) is 1. The van der Waals surface area contributed by atoms with Gasteiger partial charge in [0.2, 0.25) is 15.0 Å². The van der Waals surface area contributed by atoms with Gasteiger partial charge >= 0.3 is 0 Å². The summed E-state index contributed by atoms with van der Waals surface area (Å²) in [6, 6.07) is 4.91. The first-order valence-corrected chi connectivity index (χ1v) is 8.31. The van der Waals surface area contributed by atoms with Crippen molar-refractivity contribution in [2.45, 2.75) is 18.1 Å². The Kier molecular flexibility index (Phi) is 5.55. The van der Waals surface area contributed by atoms with Crippen molar-refractivity contribution in [3.05, 3.63) is 30.1 Å². The van der Waals surface area contributed by atoms with Crippen molar-refractivity contribution >= 4 is 33.7 Å². The molecular formula is C13H19ClN4O3S. The molecule has 0 saturated heterocycles. The van der Waals surface area contributed by atoms with Gasteiger partial charge in [-0.3, -0.25) is 9.20 Å². The molecule has 0 aromatic carbocycles. The molecule has 2 rings (SSSR count). The monoisotopic (exact) mass is 346 g/mol. The van der Waals surface area contributed by atoms with E-state index < -0.39 is 9.84 Å². The van der Waals surface area contributed by atoms with Crippen molar-refractivity contribution in [2.24, 2.45) is 5.73 Å². The molecule has 1 amide bonds. The highest BCUT2D eigenvalue weighted by atomic mass is 35.5. The first-order chi connectivity index (χ1) is 9.77. The quantitative estimate of drug-likeness (QED) is 0.873. The van der Waals surface area contributed by atoms with E-state index in [1.54, 1.807) is 31.4 Å². The van der Waals surface area contributed by atoms with E-state index >= 15 is 0 Å². The molecule has 1 atom stereocenters. The molecule has 0 aliphatic rings. The second-order valence-electron chi connectivity index (χ2n) is 4.97. The Morgan fingerprint density at radius 1 is 1.45 bits per heavy atom. The molecule has 9 heteroatoms. The van der Waals surface area contributed by atoms with Crippen LogP contribution in [-0.2, 0) is 9.84 Å². The molecule has 2 heterocycles. The first kappa shape index (κ1) is 18.4. The van der Waals surface area contributed by atoms with Crippen molar-refractivity contribution in [1.82, 2.24) is 14.3 Å². The molecule has 122 valence electrons. The maximum atomic E-state index is 12.5. The lowest BCUT2D eigenvalue weighted by molar-refractivity contribution is 0.0744. The summed E-state index contributed by atoms with van der Waals surface area (Å²) in [6.45, 7) is 2.13. The van der Waals surface area contributed by atoms with Crippen LogP contribution in [0.15, 0.2) is 29.6 Å². The number of fused-ring (bicyclic) bond motifs is 1. The fourth-order valence-corrected chi connectivity index (χ4v) is 2.73. The molecule has 0 aliphatic carbocycles. The number of amides is 1. The third-order valence-electron chi connectivity index (χ3n) is 3.37. The minimum Gasteiger partial charge on any atom is -0.336 e. The summed E-state index contributed by atoms with van der Waals surface area (Å²) in [6.07, 6.45) is 2.64. The summed E-state index contributed by atoms with van der Waals surface area (Å²) in [5, 5.41) is -0.143. The third-order valence-corrected chi connectivity index (χ3v) is 4.32. The number of likely N-dealkylation sites (N-methyl/N-ethyl adjacent to an activating group) is 1. The number of rotatable bonds is 4. The second-order valence-corrected chi connectivity index (χ2v) is 6.88. The normalized spacial score (nSPS) is 12.7. The molecular weight excluding hydrogens is 328 g/mol. The van der Waals surface area contributed by atoms with Gasteiger partial charge in [-0.25, -0.2) is 13.4 Å². The van der Waals surface area contributed by atoms with E-state index in [-0.39, 0.29) is 35.2 Å². The van der Waals surface area contributed by atoms with Gasteiger partial charge in [0.25, 0.3) is 5.91 Å². The minimum absolute atomic E-state index is 0. The molecule has 0 aliphatic heterocycles. The highest BCUT2D eigenvalue weighted by Gasteiger charge is 2.26. The van der Waals surface area contributed by atoms with Crippen LogP contribution in [0.25, 0.3) is 5.52 Å². The van der Waals surface area contributed by atoms with Gasteiger partial charge in [0, 0.05) is 32.1 Å². The maximum Gasteiger partial charge on any atom is 0.274 e. The SMILES string of the molecule is CC(CN)N(C)C(=O)c1nc(S(C)(=O)=O)n2ccccc12.Cl. The molecule has 0 bridgehead atoms. The number of nitrogens with zero attached hydrogens (tertiary/aromatic N) is 3. The Balaban J connectivity index is 0.00000242. The summed E-state index contributed by atoms with van der Waals surface area (Å²) in [7, 11) is -1.92. The number of sulfone groups is 1. The average molecular weight is 347 g/mol. The summed E-state index contributed by atoms with van der Waals surface area (Å²) in [5.41, 5.74) is 6.13. The summed E-state index contributed by atoms with van der Waals surface area (Å²) >= 11 is 0. The predicted octanol–water partition coefficient (Wildman–Crippen LogP) is 0.579. The van der Waals surface area contributed by atoms with Crippen LogP contribution in [0.2, 0.25) is 0 Å². The molecule has 2 aromatic heterocycles. The van der Waals surface area contributed by atoms with Gasteiger partial charge in [-0.15, -0.1) is 12.4 Å². The summed E-state index contributed by atoms with van der Waals surface area (Å²) in [4.78, 5) is 18.0. The lowest BCUT2D eigenvalue weighted by Crippen LogP contribution is -2.40. The van der Waals surface area contributed by atoms with Crippen LogP contribution < -0.4 is 5.73 Å². The molecule has 22 heavy (non-hydrogen) atoms. The highest BCUT2D eigenvalue weighted by Crippen LogP contribution is 2.18. The number of carbonyl (C=O) groups excluding carboxylic acids is 1. The number of carbonyl (C=O) groups is 1.